The second-order valence-electron chi connectivity index (χ2n) is 5.95. The average molecular weight is 308 g/mol. The van der Waals surface area contributed by atoms with E-state index in [0.717, 1.165) is 36.5 Å². The number of nitrogens with one attached hydrogen (secondary N) is 1. The number of rotatable bonds is 7. The molecule has 0 aliphatic heterocycles. The van der Waals surface area contributed by atoms with Crippen LogP contribution in [0.15, 0.2) is 24.4 Å². The number of aliphatic hydroxyl groups is 1. The zero-order chi connectivity index (χ0) is 15.1. The Labute approximate surface area is 130 Å². The van der Waals surface area contributed by atoms with E-state index in [0.29, 0.717) is 6.42 Å². The van der Waals surface area contributed by atoms with Gasteiger partial charge in [0.25, 0.3) is 0 Å². The average Bonchev–Trinajstić information content (AvgIpc) is 2.86. The Morgan fingerprint density at radius 2 is 2.43 bits per heavy atom. The van der Waals surface area contributed by atoms with Gasteiger partial charge in [-0.3, -0.25) is 9.78 Å². The smallest absolute Gasteiger partial charge is 0.221 e. The van der Waals surface area contributed by atoms with E-state index in [4.69, 9.17) is 0 Å². The lowest BCUT2D eigenvalue weighted by molar-refractivity contribution is -0.122. The van der Waals surface area contributed by atoms with Gasteiger partial charge in [-0.25, -0.2) is 0 Å². The zero-order valence-corrected chi connectivity index (χ0v) is 13.4. The minimum Gasteiger partial charge on any atom is -0.396 e. The first kappa shape index (κ1) is 16.3. The van der Waals surface area contributed by atoms with Crippen molar-refractivity contribution in [2.45, 2.75) is 44.4 Å². The molecule has 1 saturated carbocycles. The highest BCUT2D eigenvalue weighted by Crippen LogP contribution is 2.37. The van der Waals surface area contributed by atoms with E-state index in [1.807, 2.05) is 18.2 Å². The highest BCUT2D eigenvalue weighted by Gasteiger charge is 2.38. The Hall–Kier alpha value is -1.07. The van der Waals surface area contributed by atoms with Crippen molar-refractivity contribution in [3.63, 3.8) is 0 Å². The van der Waals surface area contributed by atoms with Gasteiger partial charge < -0.3 is 10.4 Å². The van der Waals surface area contributed by atoms with Gasteiger partial charge in [-0.1, -0.05) is 19.4 Å². The normalized spacial score (nSPS) is 25.0. The maximum absolute atomic E-state index is 12.0. The van der Waals surface area contributed by atoms with Crippen molar-refractivity contribution in [1.29, 1.82) is 0 Å². The summed E-state index contributed by atoms with van der Waals surface area (Å²) in [6.07, 6.45) is 5.36. The van der Waals surface area contributed by atoms with E-state index in [2.05, 4.69) is 17.2 Å². The lowest BCUT2D eigenvalue weighted by atomic mass is 9.86. The van der Waals surface area contributed by atoms with Crippen LogP contribution < -0.4 is 5.32 Å². The zero-order valence-electron chi connectivity index (χ0n) is 12.5. The van der Waals surface area contributed by atoms with Crippen molar-refractivity contribution >= 4 is 17.7 Å². The summed E-state index contributed by atoms with van der Waals surface area (Å²) < 4.78 is 0. The van der Waals surface area contributed by atoms with Gasteiger partial charge in [0.2, 0.25) is 5.91 Å². The molecule has 2 unspecified atom stereocenters. The lowest BCUT2D eigenvalue weighted by Crippen LogP contribution is -2.44. The highest BCUT2D eigenvalue weighted by molar-refractivity contribution is 7.98. The van der Waals surface area contributed by atoms with Crippen molar-refractivity contribution in [3.8, 4) is 0 Å². The van der Waals surface area contributed by atoms with E-state index in [1.54, 1.807) is 18.0 Å². The van der Waals surface area contributed by atoms with Gasteiger partial charge in [0.15, 0.2) is 0 Å². The summed E-state index contributed by atoms with van der Waals surface area (Å²) in [6.45, 7) is 2.20. The first-order valence-corrected chi connectivity index (χ1v) is 8.67. The molecule has 0 spiro atoms. The van der Waals surface area contributed by atoms with Crippen LogP contribution in [0.2, 0.25) is 0 Å². The number of pyridine rings is 1. The number of aliphatic hydroxyl groups excluding tert-OH is 1. The number of carbonyl (C=O) groups excluding carboxylic acids is 1. The van der Waals surface area contributed by atoms with Crippen LogP contribution in [0.3, 0.4) is 0 Å². The van der Waals surface area contributed by atoms with E-state index < -0.39 is 0 Å². The van der Waals surface area contributed by atoms with E-state index >= 15 is 0 Å². The van der Waals surface area contributed by atoms with E-state index in [1.165, 1.54) is 0 Å². The standard InChI is InChI=1S/C16H24N2O2S/c1-16(12-19)8-4-6-14(16)18-15(20)7-10-21-11-13-5-2-3-9-17-13/h2-3,5,9,14,19H,4,6-8,10-12H2,1H3,(H,18,20). The van der Waals surface area contributed by atoms with Gasteiger partial charge in [-0.15, -0.1) is 0 Å². The summed E-state index contributed by atoms with van der Waals surface area (Å²) in [6, 6.07) is 6.00. The molecule has 1 aromatic heterocycles. The molecule has 5 heteroatoms. The van der Waals surface area contributed by atoms with Gasteiger partial charge >= 0.3 is 0 Å². The van der Waals surface area contributed by atoms with Gasteiger partial charge in [0.1, 0.15) is 0 Å². The molecule has 0 aromatic carbocycles. The maximum atomic E-state index is 12.0. The summed E-state index contributed by atoms with van der Waals surface area (Å²) in [7, 11) is 0. The van der Waals surface area contributed by atoms with Crippen LogP contribution >= 0.6 is 11.8 Å². The molecule has 1 aromatic rings. The Balaban J connectivity index is 1.66. The first-order chi connectivity index (χ1) is 10.1. The Bertz CT molecular complexity index is 455. The van der Waals surface area contributed by atoms with Crippen LogP contribution in [0.4, 0.5) is 0 Å². The second-order valence-corrected chi connectivity index (χ2v) is 7.05. The maximum Gasteiger partial charge on any atom is 0.221 e. The summed E-state index contributed by atoms with van der Waals surface area (Å²) >= 11 is 1.73. The fourth-order valence-corrected chi connectivity index (χ4v) is 3.61. The van der Waals surface area contributed by atoms with Crippen molar-refractivity contribution in [2.75, 3.05) is 12.4 Å². The van der Waals surface area contributed by atoms with Crippen LogP contribution in [0.25, 0.3) is 0 Å². The molecule has 1 amide bonds. The summed E-state index contributed by atoms with van der Waals surface area (Å²) in [5, 5.41) is 12.6. The molecule has 0 radical (unpaired) electrons. The van der Waals surface area contributed by atoms with Crippen LogP contribution in [-0.2, 0) is 10.5 Å². The Morgan fingerprint density at radius 1 is 1.57 bits per heavy atom. The number of amides is 1. The second kappa shape index (κ2) is 7.80. The quantitative estimate of drug-likeness (QED) is 0.759. The minimum absolute atomic E-state index is 0.0927. The monoisotopic (exact) mass is 308 g/mol. The number of hydrogen-bond donors (Lipinski definition) is 2. The highest BCUT2D eigenvalue weighted by atomic mass is 32.2. The molecule has 1 aliphatic rings. The van der Waals surface area contributed by atoms with Crippen molar-refractivity contribution in [2.24, 2.45) is 5.41 Å². The van der Waals surface area contributed by atoms with Gasteiger partial charge in [-0.05, 0) is 25.0 Å². The van der Waals surface area contributed by atoms with Crippen LogP contribution in [0.1, 0.15) is 38.3 Å². The van der Waals surface area contributed by atoms with Crippen LogP contribution in [0.5, 0.6) is 0 Å². The third-order valence-corrected chi connectivity index (χ3v) is 5.22. The summed E-state index contributed by atoms with van der Waals surface area (Å²) in [5.41, 5.74) is 0.906. The SMILES string of the molecule is CC1(CO)CCCC1NC(=O)CCSCc1ccccn1. The van der Waals surface area contributed by atoms with Gasteiger partial charge in [0, 0.05) is 35.6 Å². The fraction of sp³-hybridized carbons (Fsp3) is 0.625. The van der Waals surface area contributed by atoms with E-state index in [9.17, 15) is 9.90 Å². The Kier molecular flexibility index (Phi) is 6.06. The number of carbonyl (C=O) groups is 1. The summed E-state index contributed by atoms with van der Waals surface area (Å²) in [4.78, 5) is 16.3. The third-order valence-electron chi connectivity index (χ3n) is 4.23. The molecule has 1 aliphatic carbocycles. The van der Waals surface area contributed by atoms with Crippen molar-refractivity contribution in [1.82, 2.24) is 10.3 Å². The predicted molar refractivity (Wildman–Crippen MR) is 86.0 cm³/mol. The van der Waals surface area contributed by atoms with E-state index in [-0.39, 0.29) is 24.0 Å². The minimum atomic E-state index is -0.142. The summed E-state index contributed by atoms with van der Waals surface area (Å²) in [5.74, 6) is 1.73. The predicted octanol–water partition coefficient (Wildman–Crippen LogP) is 2.37. The first-order valence-electron chi connectivity index (χ1n) is 7.52. The molecular formula is C16H24N2O2S. The largest absolute Gasteiger partial charge is 0.396 e. The molecule has 1 heterocycles. The van der Waals surface area contributed by atoms with Gasteiger partial charge in [0.05, 0.1) is 12.3 Å². The molecule has 2 N–H and O–H groups in total. The number of nitrogens with zero attached hydrogens (tertiary/aromatic N) is 1. The molecule has 116 valence electrons. The molecule has 0 saturated heterocycles. The Morgan fingerprint density at radius 3 is 3.14 bits per heavy atom. The van der Waals surface area contributed by atoms with Crippen molar-refractivity contribution in [3.05, 3.63) is 30.1 Å². The van der Waals surface area contributed by atoms with Crippen molar-refractivity contribution < 1.29 is 9.90 Å². The molecule has 2 rings (SSSR count). The lowest BCUT2D eigenvalue weighted by Gasteiger charge is -2.30. The third kappa shape index (κ3) is 4.71. The number of hydrogen-bond acceptors (Lipinski definition) is 4. The van der Waals surface area contributed by atoms with Crippen LogP contribution in [-0.4, -0.2) is 34.4 Å². The number of thioether (sulfide) groups is 1. The topological polar surface area (TPSA) is 62.2 Å². The van der Waals surface area contributed by atoms with Crippen LogP contribution in [0, 0.1) is 5.41 Å². The molecular weight excluding hydrogens is 284 g/mol. The number of aromatic nitrogens is 1. The molecule has 4 nitrogen and oxygen atoms in total. The molecule has 0 bridgehead atoms. The molecule has 1 fully saturated rings. The fourth-order valence-electron chi connectivity index (χ4n) is 2.76. The molecule has 21 heavy (non-hydrogen) atoms. The van der Waals surface area contributed by atoms with Gasteiger partial charge in [-0.2, -0.15) is 11.8 Å². The molecule has 2 atom stereocenters.